The summed E-state index contributed by atoms with van der Waals surface area (Å²) >= 11 is 0. The smallest absolute Gasteiger partial charge is 0.184 e. The number of nitrogens with zero attached hydrogens (tertiary/aromatic N) is 1. The summed E-state index contributed by atoms with van der Waals surface area (Å²) in [5, 5.41) is 3.01. The summed E-state index contributed by atoms with van der Waals surface area (Å²) in [5.41, 5.74) is 2.04. The lowest BCUT2D eigenvalue weighted by Gasteiger charge is -2.32. The number of rotatable bonds is 5. The maximum absolute atomic E-state index is 14.4. The Kier molecular flexibility index (Phi) is 7.56. The van der Waals surface area contributed by atoms with Crippen molar-refractivity contribution in [2.24, 2.45) is 0 Å². The van der Waals surface area contributed by atoms with Crippen LogP contribution in [-0.4, -0.2) is 24.5 Å². The van der Waals surface area contributed by atoms with E-state index in [1.54, 1.807) is 13.0 Å². The van der Waals surface area contributed by atoms with Crippen LogP contribution in [0.4, 0.5) is 10.1 Å². The second kappa shape index (κ2) is 8.92. The number of anilines is 1. The molecule has 1 aliphatic heterocycles. The molecule has 0 fully saturated rings. The minimum Gasteiger partial charge on any atom is -0.471 e. The van der Waals surface area contributed by atoms with Gasteiger partial charge in [-0.25, -0.2) is 4.39 Å². The van der Waals surface area contributed by atoms with Crippen molar-refractivity contribution in [3.63, 3.8) is 0 Å². The first-order valence-corrected chi connectivity index (χ1v) is 8.55. The Labute approximate surface area is 140 Å². The number of nitrogens with one attached hydrogen (secondary N) is 1. The normalized spacial score (nSPS) is 17.6. The van der Waals surface area contributed by atoms with Crippen molar-refractivity contribution >= 4 is 5.69 Å². The van der Waals surface area contributed by atoms with E-state index in [0.29, 0.717) is 23.1 Å². The Hall–Kier alpha value is -1.55. The molecule has 1 aliphatic rings. The highest BCUT2D eigenvalue weighted by Crippen LogP contribution is 2.38. The number of aryl methyl sites for hydroxylation is 1. The van der Waals surface area contributed by atoms with E-state index >= 15 is 0 Å². The number of ether oxygens (including phenoxy) is 1. The first kappa shape index (κ1) is 19.5. The van der Waals surface area contributed by atoms with Gasteiger partial charge in [0.25, 0.3) is 0 Å². The van der Waals surface area contributed by atoms with E-state index in [0.717, 1.165) is 25.1 Å². The first-order valence-electron chi connectivity index (χ1n) is 8.55. The van der Waals surface area contributed by atoms with E-state index in [2.05, 4.69) is 37.7 Å². The fourth-order valence-corrected chi connectivity index (χ4v) is 2.59. The zero-order valence-corrected chi connectivity index (χ0v) is 15.4. The van der Waals surface area contributed by atoms with Crippen LogP contribution in [0.1, 0.15) is 57.8 Å². The maximum Gasteiger partial charge on any atom is 0.184 e. The van der Waals surface area contributed by atoms with Gasteiger partial charge in [0.2, 0.25) is 0 Å². The SMILES string of the molecule is C=C1Nc2ccc(C)c(F)c2[C@H](CCN(C)C(C)CC)O1.CC. The molecule has 0 bridgehead atoms. The minimum atomic E-state index is -0.278. The third kappa shape index (κ3) is 4.71. The number of hydrogen-bond acceptors (Lipinski definition) is 3. The molecule has 1 N–H and O–H groups in total. The summed E-state index contributed by atoms with van der Waals surface area (Å²) in [5.74, 6) is 0.311. The van der Waals surface area contributed by atoms with E-state index in [1.807, 2.05) is 19.9 Å². The molecular formula is C19H31FN2O. The van der Waals surface area contributed by atoms with Crippen LogP contribution >= 0.6 is 0 Å². The monoisotopic (exact) mass is 322 g/mol. The highest BCUT2D eigenvalue weighted by atomic mass is 19.1. The molecule has 0 spiro atoms. The van der Waals surface area contributed by atoms with Crippen molar-refractivity contribution < 1.29 is 9.13 Å². The van der Waals surface area contributed by atoms with Crippen LogP contribution in [0.25, 0.3) is 0 Å². The van der Waals surface area contributed by atoms with Gasteiger partial charge in [0.05, 0.1) is 11.3 Å². The lowest BCUT2D eigenvalue weighted by atomic mass is 9.99. The highest BCUT2D eigenvalue weighted by molar-refractivity contribution is 5.58. The van der Waals surface area contributed by atoms with Crippen LogP contribution in [0.2, 0.25) is 0 Å². The molecule has 0 saturated carbocycles. The molecule has 1 aromatic carbocycles. The molecule has 0 amide bonds. The van der Waals surface area contributed by atoms with E-state index in [-0.39, 0.29) is 11.9 Å². The van der Waals surface area contributed by atoms with Crippen molar-refractivity contribution in [2.45, 2.75) is 59.6 Å². The van der Waals surface area contributed by atoms with Crippen molar-refractivity contribution in [2.75, 3.05) is 18.9 Å². The Morgan fingerprint density at radius 2 is 2.04 bits per heavy atom. The van der Waals surface area contributed by atoms with Gasteiger partial charge in [-0.15, -0.1) is 0 Å². The molecule has 1 unspecified atom stereocenters. The van der Waals surface area contributed by atoms with E-state index in [1.165, 1.54) is 0 Å². The van der Waals surface area contributed by atoms with E-state index < -0.39 is 0 Å². The third-order valence-corrected chi connectivity index (χ3v) is 4.34. The van der Waals surface area contributed by atoms with Crippen LogP contribution in [0.5, 0.6) is 0 Å². The molecule has 23 heavy (non-hydrogen) atoms. The first-order chi connectivity index (χ1) is 10.9. The Morgan fingerprint density at radius 1 is 1.39 bits per heavy atom. The summed E-state index contributed by atoms with van der Waals surface area (Å²) in [6.45, 7) is 14.8. The predicted octanol–water partition coefficient (Wildman–Crippen LogP) is 5.24. The average molecular weight is 322 g/mol. The lowest BCUT2D eigenvalue weighted by Crippen LogP contribution is -2.31. The summed E-state index contributed by atoms with van der Waals surface area (Å²) in [7, 11) is 2.09. The summed E-state index contributed by atoms with van der Waals surface area (Å²) in [6.07, 6.45) is 1.56. The van der Waals surface area contributed by atoms with Crippen LogP contribution in [0.15, 0.2) is 24.6 Å². The number of hydrogen-bond donors (Lipinski definition) is 1. The number of halogens is 1. The second-order valence-electron chi connectivity index (χ2n) is 5.84. The van der Waals surface area contributed by atoms with Crippen LogP contribution in [0, 0.1) is 12.7 Å². The molecule has 130 valence electrons. The van der Waals surface area contributed by atoms with Crippen LogP contribution < -0.4 is 5.32 Å². The zero-order valence-electron chi connectivity index (χ0n) is 15.4. The summed E-state index contributed by atoms with van der Waals surface area (Å²) in [4.78, 5) is 2.28. The quantitative estimate of drug-likeness (QED) is 0.803. The molecular weight excluding hydrogens is 291 g/mol. The van der Waals surface area contributed by atoms with Gasteiger partial charge < -0.3 is 15.0 Å². The molecule has 3 nitrogen and oxygen atoms in total. The van der Waals surface area contributed by atoms with Gasteiger partial charge in [-0.3, -0.25) is 0 Å². The Balaban J connectivity index is 0.00000127. The average Bonchev–Trinajstić information content (AvgIpc) is 2.56. The topological polar surface area (TPSA) is 24.5 Å². The van der Waals surface area contributed by atoms with Gasteiger partial charge in [0, 0.05) is 19.0 Å². The van der Waals surface area contributed by atoms with Gasteiger partial charge in [0.15, 0.2) is 5.88 Å². The van der Waals surface area contributed by atoms with Crippen molar-refractivity contribution in [1.82, 2.24) is 4.90 Å². The second-order valence-corrected chi connectivity index (χ2v) is 5.84. The fraction of sp³-hybridized carbons (Fsp3) is 0.579. The number of fused-ring (bicyclic) bond motifs is 1. The van der Waals surface area contributed by atoms with Crippen molar-refractivity contribution in [1.29, 1.82) is 0 Å². The van der Waals surface area contributed by atoms with E-state index in [4.69, 9.17) is 4.74 Å². The highest BCUT2D eigenvalue weighted by Gasteiger charge is 2.28. The molecule has 1 aromatic rings. The molecule has 4 heteroatoms. The third-order valence-electron chi connectivity index (χ3n) is 4.34. The Bertz CT molecular complexity index is 530. The lowest BCUT2D eigenvalue weighted by molar-refractivity contribution is 0.0883. The molecule has 0 aromatic heterocycles. The van der Waals surface area contributed by atoms with Gasteiger partial charge in [-0.05, 0) is 45.5 Å². The molecule has 0 aliphatic carbocycles. The van der Waals surface area contributed by atoms with Crippen LogP contribution in [0.3, 0.4) is 0 Å². The number of benzene rings is 1. The van der Waals surface area contributed by atoms with E-state index in [9.17, 15) is 4.39 Å². The molecule has 2 rings (SSSR count). The standard InChI is InChI=1S/C17H25FN2O.C2H6/c1-6-12(3)20(5)10-9-15-16-14(19-13(4)21-15)8-7-11(2)17(16)18;1-2/h7-8,12,15,19H,4,6,9-10H2,1-3,5H3;1-2H3/t12?,15-;/m0./s1. The summed E-state index contributed by atoms with van der Waals surface area (Å²) < 4.78 is 20.2. The van der Waals surface area contributed by atoms with Crippen molar-refractivity contribution in [3.8, 4) is 0 Å². The van der Waals surface area contributed by atoms with Crippen LogP contribution in [-0.2, 0) is 4.74 Å². The van der Waals surface area contributed by atoms with Crippen molar-refractivity contribution in [3.05, 3.63) is 41.5 Å². The molecule has 0 saturated heterocycles. The van der Waals surface area contributed by atoms with Gasteiger partial charge >= 0.3 is 0 Å². The van der Waals surface area contributed by atoms with Gasteiger partial charge in [-0.2, -0.15) is 0 Å². The zero-order chi connectivity index (χ0) is 17.6. The van der Waals surface area contributed by atoms with Gasteiger partial charge in [-0.1, -0.05) is 26.8 Å². The predicted molar refractivity (Wildman–Crippen MR) is 96.1 cm³/mol. The molecule has 0 radical (unpaired) electrons. The largest absolute Gasteiger partial charge is 0.471 e. The van der Waals surface area contributed by atoms with Gasteiger partial charge in [0.1, 0.15) is 11.9 Å². The maximum atomic E-state index is 14.4. The summed E-state index contributed by atoms with van der Waals surface area (Å²) in [6, 6.07) is 4.19. The fourth-order valence-electron chi connectivity index (χ4n) is 2.59. The molecule has 1 heterocycles. The minimum absolute atomic E-state index is 0.177. The Morgan fingerprint density at radius 3 is 2.65 bits per heavy atom. The molecule has 2 atom stereocenters.